The van der Waals surface area contributed by atoms with Crippen molar-refractivity contribution in [2.75, 3.05) is 18.1 Å². The number of pyridine rings is 1. The number of aromatic nitrogens is 4. The van der Waals surface area contributed by atoms with Crippen LogP contribution in [-0.2, 0) is 6.54 Å². The van der Waals surface area contributed by atoms with Gasteiger partial charge >= 0.3 is 6.17 Å². The van der Waals surface area contributed by atoms with Gasteiger partial charge in [-0.2, -0.15) is 5.10 Å². The molecule has 0 radical (unpaired) electrons. The van der Waals surface area contributed by atoms with Crippen LogP contribution in [0.4, 0.5) is 10.2 Å². The summed E-state index contributed by atoms with van der Waals surface area (Å²) in [5.41, 5.74) is 1.08. The van der Waals surface area contributed by atoms with Crippen LogP contribution in [0.3, 0.4) is 0 Å². The van der Waals surface area contributed by atoms with E-state index >= 15 is 0 Å². The van der Waals surface area contributed by atoms with E-state index in [1.807, 2.05) is 0 Å². The molecule has 152 valence electrons. The van der Waals surface area contributed by atoms with Crippen LogP contribution in [0, 0.1) is 12.4 Å². The summed E-state index contributed by atoms with van der Waals surface area (Å²) >= 11 is 0. The van der Waals surface area contributed by atoms with Crippen LogP contribution >= 0.6 is 0 Å². The number of rotatable bonds is 0. The van der Waals surface area contributed by atoms with E-state index in [0.29, 0.717) is 22.8 Å². The molecule has 3 aromatic rings. The number of anilines is 1. The Balaban J connectivity index is 1.72. The van der Waals surface area contributed by atoms with Crippen LogP contribution in [0.5, 0.6) is 11.6 Å². The molecule has 30 heavy (non-hydrogen) atoms. The molecule has 0 saturated heterocycles. The van der Waals surface area contributed by atoms with E-state index in [-0.39, 0.29) is 43.2 Å². The van der Waals surface area contributed by atoms with Crippen molar-refractivity contribution in [1.29, 1.82) is 0 Å². The fraction of sp³-hybridized carbons (Fsp3) is 0.316. The first kappa shape index (κ1) is 18.1. The van der Waals surface area contributed by atoms with E-state index in [4.69, 9.17) is 16.0 Å². The molecule has 0 unspecified atom stereocenters. The normalized spacial score (nSPS) is 20.7. The lowest BCUT2D eigenvalue weighted by Crippen LogP contribution is -2.41. The fourth-order valence-electron chi connectivity index (χ4n) is 3.48. The quantitative estimate of drug-likeness (QED) is 0.561. The Bertz CT molecular complexity index is 1200. The van der Waals surface area contributed by atoms with Gasteiger partial charge in [0.25, 0.3) is 5.91 Å². The Hall–Kier alpha value is -3.94. The van der Waals surface area contributed by atoms with Crippen molar-refractivity contribution in [3.63, 3.8) is 0 Å². The summed E-state index contributed by atoms with van der Waals surface area (Å²) in [7, 11) is 0. The zero-order valence-electron chi connectivity index (χ0n) is 15.9. The second-order valence-corrected chi connectivity index (χ2v) is 7.11. The number of carbonyl (C=O) groups is 1. The van der Waals surface area contributed by atoms with Gasteiger partial charge in [-0.25, -0.2) is 25.4 Å². The van der Waals surface area contributed by atoms with Crippen LogP contribution in [0.2, 0.25) is 0 Å². The van der Waals surface area contributed by atoms with Crippen molar-refractivity contribution >= 4 is 17.4 Å². The average Bonchev–Trinajstić information content (AvgIpc) is 3.14. The predicted molar refractivity (Wildman–Crippen MR) is 102 cm³/mol. The van der Waals surface area contributed by atoms with E-state index < -0.39 is 12.0 Å². The molecule has 2 aliphatic rings. The summed E-state index contributed by atoms with van der Waals surface area (Å²) in [6, 6.07) is 0.974. The van der Waals surface area contributed by atoms with Gasteiger partial charge in [0.15, 0.2) is 23.8 Å². The molecular weight excluding hydrogens is 393 g/mol. The number of ether oxygens (including phenoxy) is 2. The highest BCUT2D eigenvalue weighted by Gasteiger charge is 2.35. The number of fused-ring (bicyclic) bond motifs is 1. The second kappa shape index (κ2) is 6.84. The van der Waals surface area contributed by atoms with Gasteiger partial charge in [-0.3, -0.25) is 14.5 Å². The Kier molecular flexibility index (Phi) is 4.13. The number of hydrogen-bond acceptors (Lipinski definition) is 7. The molecule has 2 aliphatic heterocycles. The van der Waals surface area contributed by atoms with E-state index in [0.717, 1.165) is 6.20 Å². The van der Waals surface area contributed by atoms with Crippen molar-refractivity contribution in [3.8, 4) is 11.6 Å². The molecule has 0 fully saturated rings. The highest BCUT2D eigenvalue weighted by molar-refractivity contribution is 6.00. The SMILES string of the molecule is [C-]#[N+][C@@H]1COc2cn3ncc4c3nc2N1Cc1cc(F)cnc1OC[C@@H](C)NC4=O. The molecule has 2 atom stereocenters. The van der Waals surface area contributed by atoms with Crippen LogP contribution in [0.15, 0.2) is 24.7 Å². The first-order chi connectivity index (χ1) is 14.5. The lowest BCUT2D eigenvalue weighted by atomic mass is 10.2. The highest BCUT2D eigenvalue weighted by Crippen LogP contribution is 2.35. The largest absolute Gasteiger partial charge is 0.478 e. The number of hydrogen-bond donors (Lipinski definition) is 1. The zero-order valence-corrected chi connectivity index (χ0v) is 15.9. The van der Waals surface area contributed by atoms with Crippen LogP contribution in [0.1, 0.15) is 22.8 Å². The zero-order chi connectivity index (χ0) is 20.8. The summed E-state index contributed by atoms with van der Waals surface area (Å²) in [6.45, 7) is 9.72. The topological polar surface area (TPSA) is 98.2 Å². The van der Waals surface area contributed by atoms with E-state index in [9.17, 15) is 9.18 Å². The Labute approximate surface area is 170 Å². The molecule has 1 amide bonds. The molecule has 11 heteroatoms. The van der Waals surface area contributed by atoms with Crippen LogP contribution < -0.4 is 19.7 Å². The van der Waals surface area contributed by atoms with Gasteiger partial charge in [-0.15, -0.1) is 0 Å². The van der Waals surface area contributed by atoms with E-state index in [1.165, 1.54) is 16.8 Å². The van der Waals surface area contributed by atoms with Gasteiger partial charge < -0.3 is 14.8 Å². The average molecular weight is 409 g/mol. The van der Waals surface area contributed by atoms with Crippen molar-refractivity contribution in [1.82, 2.24) is 24.9 Å². The third-order valence-electron chi connectivity index (χ3n) is 4.93. The van der Waals surface area contributed by atoms with Gasteiger partial charge in [0.2, 0.25) is 5.88 Å². The molecule has 0 aliphatic carbocycles. The number of nitrogens with zero attached hydrogens (tertiary/aromatic N) is 6. The monoisotopic (exact) mass is 409 g/mol. The molecule has 2 bridgehead atoms. The molecule has 10 nitrogen and oxygen atoms in total. The first-order valence-electron chi connectivity index (χ1n) is 9.26. The lowest BCUT2D eigenvalue weighted by Gasteiger charge is -2.30. The maximum absolute atomic E-state index is 14.0. The molecular formula is C19H16FN7O3. The van der Waals surface area contributed by atoms with Crippen molar-refractivity contribution in [2.24, 2.45) is 0 Å². The van der Waals surface area contributed by atoms with Gasteiger partial charge in [0.1, 0.15) is 18.0 Å². The number of amides is 1. The van der Waals surface area contributed by atoms with Crippen molar-refractivity contribution in [3.05, 3.63) is 53.0 Å². The summed E-state index contributed by atoms with van der Waals surface area (Å²) in [6.07, 6.45) is 3.43. The lowest BCUT2D eigenvalue weighted by molar-refractivity contribution is 0.0927. The van der Waals surface area contributed by atoms with Gasteiger partial charge in [-0.05, 0) is 13.0 Å². The third-order valence-corrected chi connectivity index (χ3v) is 4.93. The second-order valence-electron chi connectivity index (χ2n) is 7.11. The summed E-state index contributed by atoms with van der Waals surface area (Å²) in [5, 5.41) is 7.03. The molecule has 0 spiro atoms. The minimum Gasteiger partial charge on any atom is -0.478 e. The van der Waals surface area contributed by atoms with Crippen LogP contribution in [0.25, 0.3) is 10.5 Å². The molecule has 0 saturated carbocycles. The molecule has 0 aromatic carbocycles. The summed E-state index contributed by atoms with van der Waals surface area (Å²) in [4.78, 5) is 26.7. The van der Waals surface area contributed by atoms with E-state index in [2.05, 4.69) is 25.2 Å². The predicted octanol–water partition coefficient (Wildman–Crippen LogP) is 1.42. The molecule has 5 rings (SSSR count). The first-order valence-corrected chi connectivity index (χ1v) is 9.26. The molecule has 5 heterocycles. The van der Waals surface area contributed by atoms with Crippen molar-refractivity contribution in [2.45, 2.75) is 25.7 Å². The smallest absolute Gasteiger partial charge is 0.333 e. The Morgan fingerprint density at radius 2 is 2.20 bits per heavy atom. The minimum atomic E-state index is -0.687. The van der Waals surface area contributed by atoms with Gasteiger partial charge in [0.05, 0.1) is 31.2 Å². The Morgan fingerprint density at radius 3 is 3.03 bits per heavy atom. The third kappa shape index (κ3) is 2.93. The molecule has 1 N–H and O–H groups in total. The summed E-state index contributed by atoms with van der Waals surface area (Å²) in [5.74, 6) is 0.138. The molecule has 3 aromatic heterocycles. The maximum Gasteiger partial charge on any atom is 0.333 e. The number of nitrogens with one attached hydrogen (secondary N) is 1. The van der Waals surface area contributed by atoms with Gasteiger partial charge in [-0.1, -0.05) is 0 Å². The Morgan fingerprint density at radius 1 is 1.33 bits per heavy atom. The number of halogens is 1. The maximum atomic E-state index is 14.0. The van der Waals surface area contributed by atoms with Crippen LogP contribution in [-0.4, -0.2) is 50.9 Å². The van der Waals surface area contributed by atoms with Crippen molar-refractivity contribution < 1.29 is 18.7 Å². The number of carbonyl (C=O) groups excluding carboxylic acids is 1. The standard InChI is InChI=1S/C19H16FN7O3/c1-10-8-30-19-11(3-12(20)4-22-19)6-26-15(21-2)9-29-14-7-27-16(25-17(14)26)13(5-23-27)18(28)24-10/h3-5,7,10,15H,6,8-9H2,1H3,(H,24,28)/t10-,15+/m1/s1. The minimum absolute atomic E-state index is 0.105. The highest BCUT2D eigenvalue weighted by atomic mass is 19.1. The van der Waals surface area contributed by atoms with E-state index in [1.54, 1.807) is 18.0 Å². The summed E-state index contributed by atoms with van der Waals surface area (Å²) < 4.78 is 26.9. The van der Waals surface area contributed by atoms with Gasteiger partial charge in [0, 0.05) is 5.56 Å². The fourth-order valence-corrected chi connectivity index (χ4v) is 3.48.